The lowest BCUT2D eigenvalue weighted by Gasteiger charge is -2.30. The second-order valence-corrected chi connectivity index (χ2v) is 18.3. The van der Waals surface area contributed by atoms with E-state index in [2.05, 4.69) is 90.9 Å². The third kappa shape index (κ3) is 6.65. The summed E-state index contributed by atoms with van der Waals surface area (Å²) >= 11 is 0. The van der Waals surface area contributed by atoms with Gasteiger partial charge in [-0.2, -0.15) is 0 Å². The van der Waals surface area contributed by atoms with Gasteiger partial charge >= 0.3 is 0 Å². The summed E-state index contributed by atoms with van der Waals surface area (Å²) in [5.41, 5.74) is 10.4. The van der Waals surface area contributed by atoms with Crippen molar-refractivity contribution < 1.29 is 9.59 Å². The second kappa shape index (κ2) is 14.7. The van der Waals surface area contributed by atoms with Crippen molar-refractivity contribution in [3.63, 3.8) is 0 Å². The van der Waals surface area contributed by atoms with E-state index in [4.69, 9.17) is 9.97 Å². The molecule has 5 atom stereocenters. The predicted octanol–water partition coefficient (Wildman–Crippen LogP) is 11.0. The maximum Gasteiger partial charge on any atom is 0.223 e. The highest BCUT2D eigenvalue weighted by molar-refractivity contribution is 6.05. The molecule has 0 radical (unpaired) electrons. The van der Waals surface area contributed by atoms with E-state index in [-0.39, 0.29) is 30.1 Å². The average molecular weight is 741 g/mol. The fraction of sp³-hybridized carbons (Fsp3) is 0.574. The highest BCUT2D eigenvalue weighted by atomic mass is 16.2. The molecule has 2 saturated carbocycles. The summed E-state index contributed by atoms with van der Waals surface area (Å²) in [5.74, 6) is 3.68. The molecule has 0 bridgehead atoms. The van der Waals surface area contributed by atoms with Gasteiger partial charge in [0.2, 0.25) is 11.8 Å². The number of amides is 2. The molecule has 8 nitrogen and oxygen atoms in total. The molecule has 55 heavy (non-hydrogen) atoms. The van der Waals surface area contributed by atoms with Crippen molar-refractivity contribution in [1.82, 2.24) is 29.7 Å². The van der Waals surface area contributed by atoms with Crippen LogP contribution in [-0.2, 0) is 9.59 Å². The summed E-state index contributed by atoms with van der Waals surface area (Å²) in [5, 5.41) is 2.36. The standard InChI is InChI=1S/C47H60N6O2/c1-27(2)22-42(54)53-30(5)15-21-41(53)47-49-38-19-17-32-25-33(16-18-34(32)45(38)51-47)37-23-28(3)44(36-13-9-12-35(36)37)39-26-48-46(50-39)40-20-14-29(4)52(40)43(55)24-31-10-7-6-8-11-31/h16-19,25-31,40-41H,6-15,20-24H2,1-5H3,(H,48,50)(H,49,51)/t28?,29-,30-,40-,41-/m0/s1. The summed E-state index contributed by atoms with van der Waals surface area (Å²) in [4.78, 5) is 48.9. The highest BCUT2D eigenvalue weighted by Gasteiger charge is 2.40. The number of hydrogen-bond acceptors (Lipinski definition) is 4. The molecule has 9 rings (SSSR count). The minimum absolute atomic E-state index is 0.000713. The molecule has 5 aliphatic rings. The Morgan fingerprint density at radius 3 is 2.27 bits per heavy atom. The first kappa shape index (κ1) is 36.4. The first-order chi connectivity index (χ1) is 26.6. The molecule has 2 saturated heterocycles. The molecular formula is C47H60N6O2. The van der Waals surface area contributed by atoms with Crippen molar-refractivity contribution in [2.45, 2.75) is 155 Å². The molecule has 2 aliphatic heterocycles. The predicted molar refractivity (Wildman–Crippen MR) is 221 cm³/mol. The summed E-state index contributed by atoms with van der Waals surface area (Å²) in [6.07, 6.45) is 17.9. The van der Waals surface area contributed by atoms with Gasteiger partial charge in [0, 0.05) is 30.3 Å². The zero-order valence-electron chi connectivity index (χ0n) is 33.7. The van der Waals surface area contributed by atoms with E-state index in [1.54, 1.807) is 0 Å². The van der Waals surface area contributed by atoms with Crippen LogP contribution in [-0.4, -0.2) is 53.6 Å². The maximum absolute atomic E-state index is 13.7. The van der Waals surface area contributed by atoms with Crippen molar-refractivity contribution in [2.75, 3.05) is 0 Å². The van der Waals surface area contributed by atoms with Crippen molar-refractivity contribution in [3.05, 3.63) is 70.6 Å². The number of aromatic amines is 2. The number of nitrogens with zero attached hydrogens (tertiary/aromatic N) is 4. The second-order valence-electron chi connectivity index (χ2n) is 18.3. The first-order valence-electron chi connectivity index (χ1n) is 21.7. The van der Waals surface area contributed by atoms with Gasteiger partial charge in [-0.1, -0.05) is 58.2 Å². The third-order valence-electron chi connectivity index (χ3n) is 13.9. The Balaban J connectivity index is 0.992. The molecule has 1 unspecified atom stereocenters. The van der Waals surface area contributed by atoms with Crippen LogP contribution in [0.2, 0.25) is 0 Å². The largest absolute Gasteiger partial charge is 0.341 e. The number of likely N-dealkylation sites (tertiary alicyclic amines) is 2. The number of H-pyrrole nitrogens is 2. The summed E-state index contributed by atoms with van der Waals surface area (Å²) < 4.78 is 0. The smallest absolute Gasteiger partial charge is 0.223 e. The van der Waals surface area contributed by atoms with Crippen LogP contribution in [0.15, 0.2) is 47.7 Å². The van der Waals surface area contributed by atoms with E-state index < -0.39 is 0 Å². The van der Waals surface area contributed by atoms with Crippen molar-refractivity contribution in [3.8, 4) is 0 Å². The van der Waals surface area contributed by atoms with Gasteiger partial charge in [-0.25, -0.2) is 9.97 Å². The van der Waals surface area contributed by atoms with E-state index in [0.717, 1.165) is 78.7 Å². The molecule has 4 aromatic rings. The fourth-order valence-electron chi connectivity index (χ4n) is 11.3. The van der Waals surface area contributed by atoms with E-state index >= 15 is 0 Å². The number of fused-ring (bicyclic) bond motifs is 4. The molecule has 4 fully saturated rings. The molecule has 0 spiro atoms. The summed E-state index contributed by atoms with van der Waals surface area (Å²) in [6.45, 7) is 11.0. The van der Waals surface area contributed by atoms with Gasteiger partial charge < -0.3 is 19.8 Å². The first-order valence-corrected chi connectivity index (χ1v) is 21.7. The van der Waals surface area contributed by atoms with E-state index in [0.29, 0.717) is 36.5 Å². The minimum atomic E-state index is 0.000713. The Labute approximate surface area is 326 Å². The molecule has 8 heteroatoms. The third-order valence-corrected chi connectivity index (χ3v) is 13.9. The normalized spacial score (nSPS) is 26.4. The quantitative estimate of drug-likeness (QED) is 0.188. The number of benzene rings is 2. The van der Waals surface area contributed by atoms with Gasteiger partial charge in [0.1, 0.15) is 11.6 Å². The Hall–Kier alpha value is -4.20. The van der Waals surface area contributed by atoms with Crippen LogP contribution in [0.4, 0.5) is 0 Å². The molecule has 2 amide bonds. The lowest BCUT2D eigenvalue weighted by molar-refractivity contribution is -0.136. The Morgan fingerprint density at radius 2 is 1.51 bits per heavy atom. The number of carbonyl (C=O) groups is 2. The number of hydrogen-bond donors (Lipinski definition) is 2. The topological polar surface area (TPSA) is 98.0 Å². The molecule has 2 aromatic heterocycles. The van der Waals surface area contributed by atoms with Crippen LogP contribution in [0.25, 0.3) is 33.0 Å². The molecule has 2 aromatic carbocycles. The van der Waals surface area contributed by atoms with Crippen LogP contribution >= 0.6 is 0 Å². The van der Waals surface area contributed by atoms with Gasteiger partial charge in [-0.3, -0.25) is 9.59 Å². The summed E-state index contributed by atoms with van der Waals surface area (Å²) in [7, 11) is 0. The highest BCUT2D eigenvalue weighted by Crippen LogP contribution is 2.50. The Morgan fingerprint density at radius 1 is 0.782 bits per heavy atom. The SMILES string of the molecule is CC(C)CC(=O)N1[C@@H](C)CC[C@H]1c1nc2c(ccc3cc(C4=C5CCCC5=C(c5cnc([C@@H]6CC[C@H](C)N6C(=O)CC6CCCCC6)[nH]5)C(C)C4)ccc32)[nH]1. The number of nitrogens with one attached hydrogen (secondary N) is 2. The van der Waals surface area contributed by atoms with Crippen molar-refractivity contribution in [1.29, 1.82) is 0 Å². The van der Waals surface area contributed by atoms with Crippen LogP contribution in [0, 0.1) is 17.8 Å². The zero-order chi connectivity index (χ0) is 38.0. The number of imidazole rings is 2. The monoisotopic (exact) mass is 740 g/mol. The molecule has 2 N–H and O–H groups in total. The number of carbonyl (C=O) groups excluding carboxylic acids is 2. The van der Waals surface area contributed by atoms with Gasteiger partial charge in [0.15, 0.2) is 0 Å². The number of rotatable bonds is 8. The minimum Gasteiger partial charge on any atom is -0.341 e. The van der Waals surface area contributed by atoms with E-state index in [9.17, 15) is 9.59 Å². The lowest BCUT2D eigenvalue weighted by Crippen LogP contribution is -2.37. The molecule has 4 heterocycles. The molecular weight excluding hydrogens is 681 g/mol. The number of aromatic nitrogens is 4. The van der Waals surface area contributed by atoms with Crippen LogP contribution in [0.5, 0.6) is 0 Å². The van der Waals surface area contributed by atoms with Crippen LogP contribution in [0.1, 0.15) is 166 Å². The zero-order valence-corrected chi connectivity index (χ0v) is 33.7. The van der Waals surface area contributed by atoms with Crippen LogP contribution < -0.4 is 0 Å². The Bertz CT molecular complexity index is 2180. The fourth-order valence-corrected chi connectivity index (χ4v) is 11.3. The average Bonchev–Trinajstić information content (AvgIpc) is 4.01. The van der Waals surface area contributed by atoms with E-state index in [1.165, 1.54) is 71.8 Å². The molecule has 290 valence electrons. The Kier molecular flexibility index (Phi) is 9.74. The van der Waals surface area contributed by atoms with E-state index in [1.807, 2.05) is 0 Å². The number of allylic oxidation sites excluding steroid dienone is 4. The van der Waals surface area contributed by atoms with Crippen LogP contribution in [0.3, 0.4) is 0 Å². The van der Waals surface area contributed by atoms with Crippen molar-refractivity contribution in [2.24, 2.45) is 17.8 Å². The van der Waals surface area contributed by atoms with Gasteiger partial charge in [-0.15, -0.1) is 0 Å². The van der Waals surface area contributed by atoms with Gasteiger partial charge in [0.05, 0.1) is 35.0 Å². The maximum atomic E-state index is 13.7. The molecule has 3 aliphatic carbocycles. The van der Waals surface area contributed by atoms with Gasteiger partial charge in [-0.05, 0) is 141 Å². The lowest BCUT2D eigenvalue weighted by atomic mass is 9.77. The van der Waals surface area contributed by atoms with Crippen molar-refractivity contribution >= 4 is 44.8 Å². The summed E-state index contributed by atoms with van der Waals surface area (Å²) in [6, 6.07) is 11.9. The van der Waals surface area contributed by atoms with Gasteiger partial charge in [0.25, 0.3) is 0 Å².